The van der Waals surface area contributed by atoms with Crippen LogP contribution in [0.4, 0.5) is 5.82 Å². The number of hydrogen-bond donors (Lipinski definition) is 3. The van der Waals surface area contributed by atoms with Crippen LogP contribution in [0.2, 0.25) is 5.02 Å². The fourth-order valence-corrected chi connectivity index (χ4v) is 1.96. The highest BCUT2D eigenvalue weighted by Gasteiger charge is 2.13. The lowest BCUT2D eigenvalue weighted by Gasteiger charge is -2.16. The van der Waals surface area contributed by atoms with Crippen molar-refractivity contribution in [3.05, 3.63) is 22.8 Å². The minimum atomic E-state index is -0.180. The summed E-state index contributed by atoms with van der Waals surface area (Å²) in [6.07, 6.45) is 2.37. The van der Waals surface area contributed by atoms with Crippen molar-refractivity contribution in [2.75, 3.05) is 5.43 Å². The highest BCUT2D eigenvalue weighted by atomic mass is 35.5. The van der Waals surface area contributed by atoms with E-state index in [1.165, 1.54) is 6.20 Å². The summed E-state index contributed by atoms with van der Waals surface area (Å²) in [5.41, 5.74) is 2.78. The Morgan fingerprint density at radius 2 is 2.17 bits per heavy atom. The van der Waals surface area contributed by atoms with Crippen LogP contribution in [0.25, 0.3) is 0 Å². The first-order chi connectivity index (χ1) is 8.43. The van der Waals surface area contributed by atoms with Gasteiger partial charge < -0.3 is 10.7 Å². The van der Waals surface area contributed by atoms with E-state index < -0.39 is 0 Å². The third kappa shape index (κ3) is 4.16. The molecule has 4 N–H and O–H groups in total. The van der Waals surface area contributed by atoms with Gasteiger partial charge in [0.1, 0.15) is 0 Å². The van der Waals surface area contributed by atoms with Gasteiger partial charge in [-0.1, -0.05) is 25.4 Å². The Kier molecular flexibility index (Phi) is 5.37. The minimum absolute atomic E-state index is 0.114. The van der Waals surface area contributed by atoms with Gasteiger partial charge >= 0.3 is 0 Å². The maximum Gasteiger partial charge on any atom is 0.253 e. The van der Waals surface area contributed by atoms with E-state index in [9.17, 15) is 4.79 Å². The van der Waals surface area contributed by atoms with Gasteiger partial charge in [-0.05, 0) is 25.3 Å². The number of carbonyl (C=O) groups excluding carboxylic acids is 1. The lowest BCUT2D eigenvalue weighted by atomic mass is 10.1. The number of carbonyl (C=O) groups is 1. The van der Waals surface area contributed by atoms with Crippen molar-refractivity contribution < 1.29 is 4.79 Å². The first-order valence-electron chi connectivity index (χ1n) is 5.87. The zero-order valence-electron chi connectivity index (χ0n) is 10.8. The molecule has 0 radical (unpaired) electrons. The van der Waals surface area contributed by atoms with Gasteiger partial charge in [-0.15, -0.1) is 0 Å². The first kappa shape index (κ1) is 14.7. The zero-order chi connectivity index (χ0) is 13.7. The van der Waals surface area contributed by atoms with Gasteiger partial charge in [0.25, 0.3) is 5.91 Å². The van der Waals surface area contributed by atoms with Gasteiger partial charge in [-0.25, -0.2) is 10.8 Å². The quantitative estimate of drug-likeness (QED) is 0.566. The molecule has 1 aromatic heterocycles. The Morgan fingerprint density at radius 1 is 1.50 bits per heavy atom. The van der Waals surface area contributed by atoms with Crippen molar-refractivity contribution in [1.29, 1.82) is 0 Å². The molecule has 0 bridgehead atoms. The summed E-state index contributed by atoms with van der Waals surface area (Å²) in [5.74, 6) is 5.92. The zero-order valence-corrected chi connectivity index (χ0v) is 11.6. The first-order valence-corrected chi connectivity index (χ1v) is 6.24. The van der Waals surface area contributed by atoms with E-state index in [0.29, 0.717) is 22.3 Å². The highest BCUT2D eigenvalue weighted by Crippen LogP contribution is 2.19. The minimum Gasteiger partial charge on any atom is -0.350 e. The van der Waals surface area contributed by atoms with Crippen molar-refractivity contribution in [2.24, 2.45) is 11.8 Å². The van der Waals surface area contributed by atoms with E-state index in [1.807, 2.05) is 6.92 Å². The second-order valence-corrected chi connectivity index (χ2v) is 5.11. The molecule has 1 amide bonds. The number of anilines is 1. The number of nitrogens with zero attached hydrogens (tertiary/aromatic N) is 1. The monoisotopic (exact) mass is 270 g/mol. The van der Waals surface area contributed by atoms with E-state index in [4.69, 9.17) is 17.4 Å². The molecule has 6 heteroatoms. The molecule has 1 atom stereocenters. The van der Waals surface area contributed by atoms with Gasteiger partial charge in [-0.3, -0.25) is 4.79 Å². The summed E-state index contributed by atoms with van der Waals surface area (Å²) in [6.45, 7) is 6.20. The van der Waals surface area contributed by atoms with E-state index >= 15 is 0 Å². The van der Waals surface area contributed by atoms with Crippen LogP contribution in [0.5, 0.6) is 0 Å². The number of nitrogen functional groups attached to an aromatic ring is 1. The van der Waals surface area contributed by atoms with Crippen molar-refractivity contribution in [3.8, 4) is 0 Å². The SMILES string of the molecule is CC(C)CC(C)NC(=O)c1cnc(NN)c(Cl)c1. The molecule has 18 heavy (non-hydrogen) atoms. The third-order valence-corrected chi connectivity index (χ3v) is 2.73. The predicted octanol–water partition coefficient (Wildman–Crippen LogP) is 2.19. The lowest BCUT2D eigenvalue weighted by molar-refractivity contribution is 0.0936. The van der Waals surface area contributed by atoms with Crippen LogP contribution in [0.15, 0.2) is 12.3 Å². The molecule has 0 spiro atoms. The number of nitrogens with one attached hydrogen (secondary N) is 2. The Morgan fingerprint density at radius 3 is 2.67 bits per heavy atom. The van der Waals surface area contributed by atoms with Crippen molar-refractivity contribution in [2.45, 2.75) is 33.2 Å². The van der Waals surface area contributed by atoms with Crippen LogP contribution in [0.3, 0.4) is 0 Å². The summed E-state index contributed by atoms with van der Waals surface area (Å²) < 4.78 is 0. The number of rotatable bonds is 5. The number of nitrogens with two attached hydrogens (primary N) is 1. The highest BCUT2D eigenvalue weighted by molar-refractivity contribution is 6.33. The molecule has 0 saturated heterocycles. The number of halogens is 1. The number of hydrazine groups is 1. The fraction of sp³-hybridized carbons (Fsp3) is 0.500. The Balaban J connectivity index is 2.70. The Bertz CT molecular complexity index is 423. The van der Waals surface area contributed by atoms with Gasteiger partial charge in [0.15, 0.2) is 5.82 Å². The van der Waals surface area contributed by atoms with Crippen LogP contribution >= 0.6 is 11.6 Å². The Labute approximate surface area is 112 Å². The molecule has 0 aliphatic rings. The summed E-state index contributed by atoms with van der Waals surface area (Å²) in [6, 6.07) is 1.66. The predicted molar refractivity (Wildman–Crippen MR) is 73.4 cm³/mol. The molecule has 0 fully saturated rings. The van der Waals surface area contributed by atoms with Gasteiger partial charge in [-0.2, -0.15) is 0 Å². The van der Waals surface area contributed by atoms with Crippen LogP contribution in [0, 0.1) is 5.92 Å². The molecule has 0 aliphatic carbocycles. The Hall–Kier alpha value is -1.33. The molecule has 0 aliphatic heterocycles. The van der Waals surface area contributed by atoms with Gasteiger partial charge in [0.2, 0.25) is 0 Å². The van der Waals surface area contributed by atoms with Crippen LogP contribution in [-0.2, 0) is 0 Å². The van der Waals surface area contributed by atoms with E-state index in [0.717, 1.165) is 6.42 Å². The largest absolute Gasteiger partial charge is 0.350 e. The van der Waals surface area contributed by atoms with Crippen molar-refractivity contribution in [1.82, 2.24) is 10.3 Å². The number of amides is 1. The third-order valence-electron chi connectivity index (χ3n) is 2.44. The summed E-state index contributed by atoms with van der Waals surface area (Å²) in [4.78, 5) is 15.9. The molecular formula is C12H19ClN4O. The second kappa shape index (κ2) is 6.56. The van der Waals surface area contributed by atoms with E-state index in [-0.39, 0.29) is 11.9 Å². The maximum atomic E-state index is 11.9. The summed E-state index contributed by atoms with van der Waals surface area (Å²) in [5, 5.41) is 3.22. The number of pyridine rings is 1. The lowest BCUT2D eigenvalue weighted by Crippen LogP contribution is -2.33. The van der Waals surface area contributed by atoms with Crippen LogP contribution in [0.1, 0.15) is 37.6 Å². The molecule has 100 valence electrons. The normalized spacial score (nSPS) is 12.3. The average molecular weight is 271 g/mol. The van der Waals surface area contributed by atoms with E-state index in [1.54, 1.807) is 6.07 Å². The topological polar surface area (TPSA) is 80.0 Å². The van der Waals surface area contributed by atoms with Gasteiger partial charge in [0, 0.05) is 12.2 Å². The molecule has 1 aromatic rings. The van der Waals surface area contributed by atoms with Crippen LogP contribution in [-0.4, -0.2) is 16.9 Å². The fourth-order valence-electron chi connectivity index (χ4n) is 1.74. The molecule has 5 nitrogen and oxygen atoms in total. The van der Waals surface area contributed by atoms with E-state index in [2.05, 4.69) is 29.6 Å². The summed E-state index contributed by atoms with van der Waals surface area (Å²) >= 11 is 5.91. The molecule has 1 unspecified atom stereocenters. The second-order valence-electron chi connectivity index (χ2n) is 4.70. The number of aromatic nitrogens is 1. The molecule has 1 heterocycles. The smallest absolute Gasteiger partial charge is 0.253 e. The average Bonchev–Trinajstić information content (AvgIpc) is 2.27. The van der Waals surface area contributed by atoms with Crippen LogP contribution < -0.4 is 16.6 Å². The molecule has 0 saturated carbocycles. The van der Waals surface area contributed by atoms with Gasteiger partial charge in [0.05, 0.1) is 10.6 Å². The number of hydrogen-bond acceptors (Lipinski definition) is 4. The van der Waals surface area contributed by atoms with Crippen molar-refractivity contribution in [3.63, 3.8) is 0 Å². The van der Waals surface area contributed by atoms with Crippen molar-refractivity contribution >= 4 is 23.3 Å². The molecule has 1 rings (SSSR count). The summed E-state index contributed by atoms with van der Waals surface area (Å²) in [7, 11) is 0. The maximum absolute atomic E-state index is 11.9. The molecule has 0 aromatic carbocycles. The molecular weight excluding hydrogens is 252 g/mol. The standard InChI is InChI=1S/C12H19ClN4O/c1-7(2)4-8(3)16-12(18)9-5-10(13)11(17-14)15-6-9/h5-8H,4,14H2,1-3H3,(H,15,17)(H,16,18).